The van der Waals surface area contributed by atoms with Gasteiger partial charge < -0.3 is 5.11 Å². The molecule has 0 fully saturated rings. The second-order valence-corrected chi connectivity index (χ2v) is 5.39. The zero-order valence-electron chi connectivity index (χ0n) is 7.95. The molecule has 0 aliphatic heterocycles. The van der Waals surface area contributed by atoms with E-state index in [0.29, 0.717) is 14.2 Å². The van der Waals surface area contributed by atoms with E-state index in [1.165, 1.54) is 23.5 Å². The first-order valence-electron chi connectivity index (χ1n) is 4.46. The Hall–Kier alpha value is -0.610. The molecule has 1 unspecified atom stereocenters. The summed E-state index contributed by atoms with van der Waals surface area (Å²) < 4.78 is 14.1. The quantitative estimate of drug-likeness (QED) is 0.868. The number of aliphatic hydroxyl groups excluding tert-OH is 1. The van der Waals surface area contributed by atoms with Crippen molar-refractivity contribution in [2.24, 2.45) is 0 Å². The Kier molecular flexibility index (Phi) is 3.50. The molecular weight excluding hydrogens is 270 g/mol. The van der Waals surface area contributed by atoms with Gasteiger partial charge in [0.2, 0.25) is 0 Å². The third-order valence-electron chi connectivity index (χ3n) is 2.12. The predicted molar refractivity (Wildman–Crippen MR) is 64.8 cm³/mol. The molecule has 2 rings (SSSR count). The van der Waals surface area contributed by atoms with Crippen LogP contribution in [0.25, 0.3) is 0 Å². The Labute approximate surface area is 106 Å². The maximum atomic E-state index is 13.5. The fourth-order valence-corrected chi connectivity index (χ4v) is 2.58. The largest absolute Gasteiger partial charge is 0.383 e. The molecule has 0 spiro atoms. The SMILES string of the molecule is OC(c1ccc(Cl)s1)c1ccc(Cl)cc1F. The number of halogens is 3. The summed E-state index contributed by atoms with van der Waals surface area (Å²) in [6.07, 6.45) is -1.00. The van der Waals surface area contributed by atoms with E-state index < -0.39 is 11.9 Å². The molecule has 0 amide bonds. The summed E-state index contributed by atoms with van der Waals surface area (Å²) in [5.74, 6) is -0.524. The lowest BCUT2D eigenvalue weighted by molar-refractivity contribution is 0.219. The van der Waals surface area contributed by atoms with Gasteiger partial charge in [-0.1, -0.05) is 29.3 Å². The summed E-state index contributed by atoms with van der Waals surface area (Å²) in [6.45, 7) is 0. The summed E-state index contributed by atoms with van der Waals surface area (Å²) in [4.78, 5) is 0.603. The molecule has 5 heteroatoms. The zero-order chi connectivity index (χ0) is 11.7. The predicted octanol–water partition coefficient (Wildman–Crippen LogP) is 4.28. The standard InChI is InChI=1S/C11H7Cl2FOS/c12-6-1-2-7(8(14)5-6)11(15)9-3-4-10(13)16-9/h1-5,11,15H. The van der Waals surface area contributed by atoms with Crippen LogP contribution in [0.3, 0.4) is 0 Å². The van der Waals surface area contributed by atoms with Gasteiger partial charge in [-0.25, -0.2) is 4.39 Å². The first-order valence-corrected chi connectivity index (χ1v) is 6.03. The Morgan fingerprint density at radius 1 is 1.19 bits per heavy atom. The van der Waals surface area contributed by atoms with Crippen molar-refractivity contribution < 1.29 is 9.50 Å². The van der Waals surface area contributed by atoms with E-state index in [-0.39, 0.29) is 5.56 Å². The zero-order valence-corrected chi connectivity index (χ0v) is 10.3. The topological polar surface area (TPSA) is 20.2 Å². The van der Waals surface area contributed by atoms with E-state index in [1.807, 2.05) is 0 Å². The van der Waals surface area contributed by atoms with Crippen LogP contribution in [0, 0.1) is 5.82 Å². The highest BCUT2D eigenvalue weighted by Gasteiger charge is 2.16. The molecule has 0 radical (unpaired) electrons. The van der Waals surface area contributed by atoms with Gasteiger partial charge in [0.15, 0.2) is 0 Å². The summed E-state index contributed by atoms with van der Waals surface area (Å²) in [5.41, 5.74) is 0.197. The lowest BCUT2D eigenvalue weighted by atomic mass is 10.1. The molecule has 1 aromatic heterocycles. The van der Waals surface area contributed by atoms with Crippen molar-refractivity contribution in [3.05, 3.63) is 55.9 Å². The van der Waals surface area contributed by atoms with Crippen molar-refractivity contribution in [3.8, 4) is 0 Å². The van der Waals surface area contributed by atoms with Crippen molar-refractivity contribution in [3.63, 3.8) is 0 Å². The van der Waals surface area contributed by atoms with Crippen LogP contribution in [-0.4, -0.2) is 5.11 Å². The summed E-state index contributed by atoms with van der Waals surface area (Å²) in [5, 5.41) is 10.2. The monoisotopic (exact) mass is 276 g/mol. The maximum Gasteiger partial charge on any atom is 0.130 e. The minimum Gasteiger partial charge on any atom is -0.383 e. The van der Waals surface area contributed by atoms with Crippen LogP contribution >= 0.6 is 34.5 Å². The first-order chi connectivity index (χ1) is 7.58. The van der Waals surface area contributed by atoms with E-state index >= 15 is 0 Å². The molecule has 16 heavy (non-hydrogen) atoms. The molecule has 0 saturated carbocycles. The summed E-state index contributed by atoms with van der Waals surface area (Å²) in [6, 6.07) is 7.52. The van der Waals surface area contributed by atoms with Gasteiger partial charge in [-0.05, 0) is 24.3 Å². The second kappa shape index (κ2) is 4.72. The highest BCUT2D eigenvalue weighted by molar-refractivity contribution is 7.16. The minimum absolute atomic E-state index is 0.197. The van der Waals surface area contributed by atoms with Gasteiger partial charge in [0, 0.05) is 15.5 Å². The van der Waals surface area contributed by atoms with Gasteiger partial charge >= 0.3 is 0 Å². The molecule has 1 atom stereocenters. The lowest BCUT2D eigenvalue weighted by Crippen LogP contribution is -2.00. The van der Waals surface area contributed by atoms with Crippen molar-refractivity contribution in [1.29, 1.82) is 0 Å². The number of thiophene rings is 1. The van der Waals surface area contributed by atoms with Gasteiger partial charge in [-0.15, -0.1) is 11.3 Å². The highest BCUT2D eigenvalue weighted by atomic mass is 35.5. The number of benzene rings is 1. The number of hydrogen-bond acceptors (Lipinski definition) is 2. The van der Waals surface area contributed by atoms with Crippen LogP contribution in [0.1, 0.15) is 16.5 Å². The molecule has 2 aromatic rings. The third kappa shape index (κ3) is 2.38. The molecule has 0 bridgehead atoms. The van der Waals surface area contributed by atoms with Crippen LogP contribution < -0.4 is 0 Å². The Bertz CT molecular complexity index is 512. The second-order valence-electron chi connectivity index (χ2n) is 3.21. The Balaban J connectivity index is 2.37. The number of rotatable bonds is 2. The third-order valence-corrected chi connectivity index (χ3v) is 3.64. The number of aliphatic hydroxyl groups is 1. The smallest absolute Gasteiger partial charge is 0.130 e. The number of hydrogen-bond donors (Lipinski definition) is 1. The molecule has 0 aliphatic rings. The average molecular weight is 277 g/mol. The fraction of sp³-hybridized carbons (Fsp3) is 0.0909. The average Bonchev–Trinajstić information content (AvgIpc) is 2.64. The van der Waals surface area contributed by atoms with Crippen molar-refractivity contribution in [2.45, 2.75) is 6.10 Å². The molecular formula is C11H7Cl2FOS. The van der Waals surface area contributed by atoms with Crippen molar-refractivity contribution in [1.82, 2.24) is 0 Å². The maximum absolute atomic E-state index is 13.5. The molecule has 1 heterocycles. The molecule has 0 saturated heterocycles. The molecule has 1 N–H and O–H groups in total. The summed E-state index contributed by atoms with van der Waals surface area (Å²) >= 11 is 12.6. The fourth-order valence-electron chi connectivity index (χ4n) is 1.35. The van der Waals surface area contributed by atoms with E-state index in [4.69, 9.17) is 23.2 Å². The Morgan fingerprint density at radius 2 is 1.94 bits per heavy atom. The van der Waals surface area contributed by atoms with Gasteiger partial charge in [0.1, 0.15) is 11.9 Å². The summed E-state index contributed by atoms with van der Waals surface area (Å²) in [7, 11) is 0. The van der Waals surface area contributed by atoms with Gasteiger partial charge in [0.25, 0.3) is 0 Å². The van der Waals surface area contributed by atoms with Crippen molar-refractivity contribution >= 4 is 34.5 Å². The molecule has 84 valence electrons. The lowest BCUT2D eigenvalue weighted by Gasteiger charge is -2.09. The highest BCUT2D eigenvalue weighted by Crippen LogP contribution is 2.32. The van der Waals surface area contributed by atoms with Gasteiger partial charge in [-0.2, -0.15) is 0 Å². The van der Waals surface area contributed by atoms with Crippen LogP contribution in [0.2, 0.25) is 9.36 Å². The molecule has 1 aromatic carbocycles. The van der Waals surface area contributed by atoms with Crippen molar-refractivity contribution in [2.75, 3.05) is 0 Å². The van der Waals surface area contributed by atoms with E-state index in [1.54, 1.807) is 18.2 Å². The molecule has 1 nitrogen and oxygen atoms in total. The minimum atomic E-state index is -1.00. The van der Waals surface area contributed by atoms with Crippen LogP contribution in [0.15, 0.2) is 30.3 Å². The normalized spacial score (nSPS) is 12.8. The van der Waals surface area contributed by atoms with E-state index in [0.717, 1.165) is 0 Å². The van der Waals surface area contributed by atoms with Crippen LogP contribution in [0.4, 0.5) is 4.39 Å². The van der Waals surface area contributed by atoms with Crippen LogP contribution in [-0.2, 0) is 0 Å². The van der Waals surface area contributed by atoms with Crippen LogP contribution in [0.5, 0.6) is 0 Å². The van der Waals surface area contributed by atoms with E-state index in [9.17, 15) is 9.50 Å². The van der Waals surface area contributed by atoms with Gasteiger partial charge in [-0.3, -0.25) is 0 Å². The van der Waals surface area contributed by atoms with E-state index in [2.05, 4.69) is 0 Å². The first kappa shape index (κ1) is 11.9. The Morgan fingerprint density at radius 3 is 2.50 bits per heavy atom. The van der Waals surface area contributed by atoms with Gasteiger partial charge in [0.05, 0.1) is 4.34 Å². The molecule has 0 aliphatic carbocycles.